The number of esters is 1. The van der Waals surface area contributed by atoms with Gasteiger partial charge in [-0.15, -0.1) is 0 Å². The number of rotatable bonds is 41. The first kappa shape index (κ1) is 50.7. The average Bonchev–Trinajstić information content (AvgIpc) is 3.14. The molecule has 0 radical (unpaired) electrons. The van der Waals surface area contributed by atoms with Gasteiger partial charge in [0.2, 0.25) is 0 Å². The number of carbonyl (C=O) groups is 2. The normalized spacial score (nSPS) is 12.1. The molecule has 0 aromatic heterocycles. The molecule has 6 heteroatoms. The van der Waals surface area contributed by atoms with Gasteiger partial charge in [0.05, 0.1) is 25.7 Å². The van der Waals surface area contributed by atoms with Crippen molar-refractivity contribution in [3.8, 4) is 0 Å². The Bertz CT molecular complexity index is 734. The van der Waals surface area contributed by atoms with Gasteiger partial charge in [-0.25, -0.2) is 4.79 Å². The molecule has 0 spiro atoms. The first-order chi connectivity index (χ1) is 25.5. The van der Waals surface area contributed by atoms with Gasteiger partial charge in [0.1, 0.15) is 0 Å². The summed E-state index contributed by atoms with van der Waals surface area (Å²) >= 11 is 0. The summed E-state index contributed by atoms with van der Waals surface area (Å²) in [5, 5.41) is 0. The van der Waals surface area contributed by atoms with E-state index < -0.39 is 6.16 Å². The third-order valence-electron chi connectivity index (χ3n) is 10.8. The molecular formula is C46H91NO5. The van der Waals surface area contributed by atoms with E-state index in [1.54, 1.807) is 0 Å². The molecule has 0 fully saturated rings. The van der Waals surface area contributed by atoms with Crippen LogP contribution in [0.1, 0.15) is 234 Å². The van der Waals surface area contributed by atoms with Crippen LogP contribution in [0.2, 0.25) is 0 Å². The van der Waals surface area contributed by atoms with E-state index in [-0.39, 0.29) is 11.9 Å². The van der Waals surface area contributed by atoms with Crippen LogP contribution in [0.15, 0.2) is 0 Å². The summed E-state index contributed by atoms with van der Waals surface area (Å²) < 4.78 is 16.8. The van der Waals surface area contributed by atoms with Gasteiger partial charge in [0.15, 0.2) is 0 Å². The van der Waals surface area contributed by atoms with E-state index in [0.29, 0.717) is 25.7 Å². The predicted octanol–water partition coefficient (Wildman–Crippen LogP) is 14.4. The van der Waals surface area contributed by atoms with Crippen molar-refractivity contribution >= 4 is 12.1 Å². The fourth-order valence-corrected chi connectivity index (χ4v) is 7.31. The molecule has 0 saturated heterocycles. The van der Waals surface area contributed by atoms with Crippen molar-refractivity contribution in [2.75, 3.05) is 39.5 Å². The topological polar surface area (TPSA) is 65.1 Å². The maximum Gasteiger partial charge on any atom is 0.508 e. The van der Waals surface area contributed by atoms with Crippen LogP contribution >= 0.6 is 0 Å². The Hall–Kier alpha value is -1.30. The molecule has 0 heterocycles. The molecule has 0 aliphatic carbocycles. The van der Waals surface area contributed by atoms with Crippen LogP contribution in [0.25, 0.3) is 0 Å². The summed E-state index contributed by atoms with van der Waals surface area (Å²) in [5.41, 5.74) is 0. The molecule has 0 aromatic rings. The van der Waals surface area contributed by atoms with Gasteiger partial charge < -0.3 is 19.1 Å². The van der Waals surface area contributed by atoms with Crippen molar-refractivity contribution in [3.63, 3.8) is 0 Å². The molecule has 0 amide bonds. The van der Waals surface area contributed by atoms with E-state index >= 15 is 0 Å². The average molecular weight is 738 g/mol. The maximum atomic E-state index is 12.9. The maximum absolute atomic E-state index is 12.9. The van der Waals surface area contributed by atoms with Crippen LogP contribution in [0.5, 0.6) is 0 Å². The van der Waals surface area contributed by atoms with Gasteiger partial charge in [0, 0.05) is 0 Å². The third kappa shape index (κ3) is 34.5. The zero-order valence-electron chi connectivity index (χ0n) is 35.8. The third-order valence-corrected chi connectivity index (χ3v) is 10.8. The Labute approximate surface area is 325 Å². The molecule has 0 saturated carbocycles. The lowest BCUT2D eigenvalue weighted by Gasteiger charge is -2.21. The molecule has 0 bridgehead atoms. The summed E-state index contributed by atoms with van der Waals surface area (Å²) in [6, 6.07) is 0. The van der Waals surface area contributed by atoms with Gasteiger partial charge in [-0.2, -0.15) is 0 Å². The van der Waals surface area contributed by atoms with Crippen molar-refractivity contribution in [1.29, 1.82) is 0 Å². The SMILES string of the molecule is CCCCCCCCC(CCCCCC)C(=O)OCCCCCCN(CCC)CCCCCCOC(=O)OCC(CCCCCC)CCCCCC. The molecule has 0 aliphatic heterocycles. The fourth-order valence-electron chi connectivity index (χ4n) is 7.31. The number of hydrogen-bond donors (Lipinski definition) is 0. The van der Waals surface area contributed by atoms with Crippen molar-refractivity contribution < 1.29 is 23.8 Å². The first-order valence-electron chi connectivity index (χ1n) is 23.2. The highest BCUT2D eigenvalue weighted by Gasteiger charge is 2.19. The molecule has 52 heavy (non-hydrogen) atoms. The van der Waals surface area contributed by atoms with Gasteiger partial charge >= 0.3 is 12.1 Å². The number of carbonyl (C=O) groups excluding carboxylic acids is 2. The zero-order chi connectivity index (χ0) is 38.2. The standard InChI is InChI=1S/C46H91NO5/c1-6-11-15-19-20-28-36-44(35-27-18-14-9-4)45(48)50-40-31-23-21-29-38-47(37-10-5)39-30-22-24-32-41-51-46(49)52-42-43(33-25-16-12-7-2)34-26-17-13-8-3/h43-44H,6-42H2,1-5H3. The van der Waals surface area contributed by atoms with Crippen LogP contribution in [-0.2, 0) is 19.0 Å². The smallest absolute Gasteiger partial charge is 0.465 e. The van der Waals surface area contributed by atoms with E-state index in [4.69, 9.17) is 14.2 Å². The van der Waals surface area contributed by atoms with Gasteiger partial charge in [-0.1, -0.05) is 176 Å². The van der Waals surface area contributed by atoms with E-state index in [9.17, 15) is 9.59 Å². The Kier molecular flexibility index (Phi) is 39.9. The van der Waals surface area contributed by atoms with E-state index in [2.05, 4.69) is 39.5 Å². The quantitative estimate of drug-likeness (QED) is 0.0460. The monoisotopic (exact) mass is 738 g/mol. The highest BCUT2D eigenvalue weighted by molar-refractivity contribution is 5.72. The van der Waals surface area contributed by atoms with Gasteiger partial charge in [0.25, 0.3) is 0 Å². The van der Waals surface area contributed by atoms with Crippen LogP contribution < -0.4 is 0 Å². The number of hydrogen-bond acceptors (Lipinski definition) is 6. The lowest BCUT2D eigenvalue weighted by atomic mass is 9.94. The first-order valence-corrected chi connectivity index (χ1v) is 23.2. The molecule has 1 atom stereocenters. The highest BCUT2D eigenvalue weighted by Crippen LogP contribution is 2.22. The summed E-state index contributed by atoms with van der Waals surface area (Å²) in [5.74, 6) is 0.641. The van der Waals surface area contributed by atoms with Gasteiger partial charge in [-0.3, -0.25) is 4.79 Å². The molecule has 0 aromatic carbocycles. The fraction of sp³-hybridized carbons (Fsp3) is 0.957. The summed E-state index contributed by atoms with van der Waals surface area (Å²) in [7, 11) is 0. The Morgan fingerprint density at radius 1 is 0.404 bits per heavy atom. The van der Waals surface area contributed by atoms with E-state index in [0.717, 1.165) is 83.8 Å². The minimum absolute atomic E-state index is 0.0656. The number of nitrogens with zero attached hydrogens (tertiary/aromatic N) is 1. The summed E-state index contributed by atoms with van der Waals surface area (Å²) in [6.07, 6.45) is 36.5. The number of unbranched alkanes of at least 4 members (excludes halogenated alkanes) is 20. The molecule has 0 rings (SSSR count). The van der Waals surface area contributed by atoms with Crippen LogP contribution in [0.3, 0.4) is 0 Å². The highest BCUT2D eigenvalue weighted by atomic mass is 16.7. The Morgan fingerprint density at radius 2 is 0.808 bits per heavy atom. The van der Waals surface area contributed by atoms with Crippen molar-refractivity contribution in [2.24, 2.45) is 11.8 Å². The van der Waals surface area contributed by atoms with E-state index in [1.165, 1.54) is 135 Å². The lowest BCUT2D eigenvalue weighted by molar-refractivity contribution is -0.149. The molecule has 310 valence electrons. The predicted molar refractivity (Wildman–Crippen MR) is 223 cm³/mol. The number of ether oxygens (including phenoxy) is 3. The summed E-state index contributed by atoms with van der Waals surface area (Å²) in [4.78, 5) is 27.8. The minimum atomic E-state index is -0.482. The van der Waals surface area contributed by atoms with E-state index in [1.807, 2.05) is 0 Å². The van der Waals surface area contributed by atoms with Gasteiger partial charge in [-0.05, 0) is 83.3 Å². The Balaban J connectivity index is 4.10. The molecular weight excluding hydrogens is 647 g/mol. The van der Waals surface area contributed by atoms with Crippen molar-refractivity contribution in [1.82, 2.24) is 4.90 Å². The zero-order valence-corrected chi connectivity index (χ0v) is 35.8. The largest absolute Gasteiger partial charge is 0.508 e. The van der Waals surface area contributed by atoms with Crippen molar-refractivity contribution in [2.45, 2.75) is 234 Å². The van der Waals surface area contributed by atoms with Crippen LogP contribution in [0.4, 0.5) is 4.79 Å². The molecule has 0 aliphatic rings. The molecule has 6 nitrogen and oxygen atoms in total. The summed E-state index contributed by atoms with van der Waals surface area (Å²) in [6.45, 7) is 16.3. The Morgan fingerprint density at radius 3 is 1.31 bits per heavy atom. The second kappa shape index (κ2) is 40.9. The lowest BCUT2D eigenvalue weighted by Crippen LogP contribution is -2.27. The van der Waals surface area contributed by atoms with Crippen LogP contribution in [-0.4, -0.2) is 56.5 Å². The second-order valence-electron chi connectivity index (χ2n) is 15.9. The molecule has 0 N–H and O–H groups in total. The minimum Gasteiger partial charge on any atom is -0.465 e. The molecule has 1 unspecified atom stereocenters. The van der Waals surface area contributed by atoms with Crippen molar-refractivity contribution in [3.05, 3.63) is 0 Å². The van der Waals surface area contributed by atoms with Crippen LogP contribution in [0, 0.1) is 11.8 Å². The second-order valence-corrected chi connectivity index (χ2v) is 15.9.